The van der Waals surface area contributed by atoms with E-state index in [0.29, 0.717) is 24.4 Å². The summed E-state index contributed by atoms with van der Waals surface area (Å²) >= 11 is 0. The molecule has 116 valence electrons. The number of carbonyl (C=O) groups is 1. The van der Waals surface area contributed by atoms with Crippen molar-refractivity contribution in [1.29, 1.82) is 0 Å². The fraction of sp³-hybridized carbons (Fsp3) is 0.562. The average Bonchev–Trinajstić information content (AvgIpc) is 3.16. The topological polar surface area (TPSA) is 20.3 Å². The van der Waals surface area contributed by atoms with Gasteiger partial charge in [0.15, 0.2) is 0 Å². The Bertz CT molecular complexity index is 524. The summed E-state index contributed by atoms with van der Waals surface area (Å²) in [6.07, 6.45) is -3.69. The first-order valence-corrected chi connectivity index (χ1v) is 7.12. The van der Waals surface area contributed by atoms with E-state index in [-0.39, 0.29) is 17.7 Å². The van der Waals surface area contributed by atoms with Crippen molar-refractivity contribution in [3.63, 3.8) is 0 Å². The maximum atomic E-state index is 12.7. The van der Waals surface area contributed by atoms with E-state index in [0.717, 1.165) is 6.07 Å². The van der Waals surface area contributed by atoms with Gasteiger partial charge in [-0.15, -0.1) is 0 Å². The van der Waals surface area contributed by atoms with Crippen molar-refractivity contribution >= 4 is 5.91 Å². The van der Waals surface area contributed by atoms with Gasteiger partial charge in [0.2, 0.25) is 5.91 Å². The molecule has 0 heterocycles. The van der Waals surface area contributed by atoms with Gasteiger partial charge in [0.1, 0.15) is 0 Å². The summed E-state index contributed by atoms with van der Waals surface area (Å²) in [5.74, 6) is 0.169. The minimum atomic E-state index is -4.33. The number of halogens is 3. The Morgan fingerprint density at radius 3 is 2.62 bits per heavy atom. The molecule has 1 fully saturated rings. The minimum absolute atomic E-state index is 0.0334. The lowest BCUT2D eigenvalue weighted by Gasteiger charge is -2.19. The van der Waals surface area contributed by atoms with Crippen LogP contribution in [0.25, 0.3) is 0 Å². The third-order valence-electron chi connectivity index (χ3n) is 3.76. The minimum Gasteiger partial charge on any atom is -0.345 e. The second-order valence-electron chi connectivity index (χ2n) is 6.18. The normalized spacial score (nSPS) is 21.5. The summed E-state index contributed by atoms with van der Waals surface area (Å²) in [5, 5.41) is 0. The van der Waals surface area contributed by atoms with E-state index in [1.165, 1.54) is 12.1 Å². The maximum absolute atomic E-state index is 12.7. The Kier molecular flexibility index (Phi) is 4.30. The SMILES string of the molecule is CC(C)CN(C)C(=O)C1CC1c1cccc(C(F)(F)F)c1. The lowest BCUT2D eigenvalue weighted by atomic mass is 10.0. The smallest absolute Gasteiger partial charge is 0.345 e. The molecular formula is C16H20F3NO. The molecule has 1 aromatic carbocycles. The molecule has 1 amide bonds. The zero-order valence-electron chi connectivity index (χ0n) is 12.4. The van der Waals surface area contributed by atoms with E-state index in [4.69, 9.17) is 0 Å². The van der Waals surface area contributed by atoms with Crippen LogP contribution in [0, 0.1) is 11.8 Å². The van der Waals surface area contributed by atoms with Gasteiger partial charge in [0.05, 0.1) is 5.56 Å². The van der Waals surface area contributed by atoms with E-state index in [2.05, 4.69) is 0 Å². The molecule has 0 N–H and O–H groups in total. The Morgan fingerprint density at radius 1 is 1.38 bits per heavy atom. The van der Waals surface area contributed by atoms with Crippen molar-refractivity contribution in [2.45, 2.75) is 32.4 Å². The van der Waals surface area contributed by atoms with Gasteiger partial charge in [-0.1, -0.05) is 32.0 Å². The van der Waals surface area contributed by atoms with Crippen LogP contribution in [0.1, 0.15) is 37.3 Å². The van der Waals surface area contributed by atoms with Crippen LogP contribution in [0.5, 0.6) is 0 Å². The Hall–Kier alpha value is -1.52. The molecular weight excluding hydrogens is 279 g/mol. The van der Waals surface area contributed by atoms with Crippen LogP contribution in [0.4, 0.5) is 13.2 Å². The molecule has 21 heavy (non-hydrogen) atoms. The second-order valence-corrected chi connectivity index (χ2v) is 6.18. The fourth-order valence-electron chi connectivity index (χ4n) is 2.70. The predicted octanol–water partition coefficient (Wildman–Crippen LogP) is 3.92. The van der Waals surface area contributed by atoms with Crippen molar-refractivity contribution in [3.05, 3.63) is 35.4 Å². The van der Waals surface area contributed by atoms with E-state index in [1.807, 2.05) is 13.8 Å². The quantitative estimate of drug-likeness (QED) is 0.825. The highest BCUT2D eigenvalue weighted by molar-refractivity contribution is 5.82. The molecule has 0 bridgehead atoms. The number of benzene rings is 1. The Labute approximate surface area is 122 Å². The van der Waals surface area contributed by atoms with E-state index >= 15 is 0 Å². The summed E-state index contributed by atoms with van der Waals surface area (Å²) in [5.41, 5.74) is -0.0326. The standard InChI is InChI=1S/C16H20F3NO/c1-10(2)9-20(3)15(21)14-8-13(14)11-5-4-6-12(7-11)16(17,18)19/h4-7,10,13-14H,8-9H2,1-3H3. The molecule has 1 aliphatic carbocycles. The first-order chi connectivity index (χ1) is 9.70. The summed E-state index contributed by atoms with van der Waals surface area (Å²) in [6, 6.07) is 5.32. The third-order valence-corrected chi connectivity index (χ3v) is 3.76. The third kappa shape index (κ3) is 3.77. The van der Waals surface area contributed by atoms with Gasteiger partial charge in [0, 0.05) is 19.5 Å². The van der Waals surface area contributed by atoms with Gasteiger partial charge in [0.25, 0.3) is 0 Å². The molecule has 1 aromatic rings. The molecule has 2 nitrogen and oxygen atoms in total. The molecule has 0 aliphatic heterocycles. The number of rotatable bonds is 4. The average molecular weight is 299 g/mol. The monoisotopic (exact) mass is 299 g/mol. The summed E-state index contributed by atoms with van der Waals surface area (Å²) in [4.78, 5) is 13.9. The van der Waals surface area contributed by atoms with Crippen molar-refractivity contribution in [2.24, 2.45) is 11.8 Å². The number of hydrogen-bond donors (Lipinski definition) is 0. The number of carbonyl (C=O) groups excluding carboxylic acids is 1. The number of nitrogens with zero attached hydrogens (tertiary/aromatic N) is 1. The van der Waals surface area contributed by atoms with Crippen molar-refractivity contribution in [2.75, 3.05) is 13.6 Å². The Balaban J connectivity index is 2.05. The van der Waals surface area contributed by atoms with Crippen LogP contribution in [0.15, 0.2) is 24.3 Å². The van der Waals surface area contributed by atoms with E-state index in [1.54, 1.807) is 18.0 Å². The van der Waals surface area contributed by atoms with Gasteiger partial charge >= 0.3 is 6.18 Å². The Morgan fingerprint density at radius 2 is 2.05 bits per heavy atom. The molecule has 0 saturated heterocycles. The molecule has 1 aliphatic rings. The second kappa shape index (κ2) is 5.70. The molecule has 0 radical (unpaired) electrons. The molecule has 2 atom stereocenters. The molecule has 1 saturated carbocycles. The largest absolute Gasteiger partial charge is 0.416 e. The van der Waals surface area contributed by atoms with Crippen LogP contribution in [-0.2, 0) is 11.0 Å². The lowest BCUT2D eigenvalue weighted by molar-refractivity contribution is -0.137. The zero-order valence-corrected chi connectivity index (χ0v) is 12.4. The van der Waals surface area contributed by atoms with Crippen LogP contribution in [0.3, 0.4) is 0 Å². The van der Waals surface area contributed by atoms with Crippen molar-refractivity contribution in [3.8, 4) is 0 Å². The summed E-state index contributed by atoms with van der Waals surface area (Å²) in [7, 11) is 1.75. The first kappa shape index (κ1) is 15.9. The lowest BCUT2D eigenvalue weighted by Crippen LogP contribution is -2.31. The number of hydrogen-bond acceptors (Lipinski definition) is 1. The highest BCUT2D eigenvalue weighted by Crippen LogP contribution is 2.49. The van der Waals surface area contributed by atoms with Crippen LogP contribution >= 0.6 is 0 Å². The van der Waals surface area contributed by atoms with Crippen LogP contribution in [-0.4, -0.2) is 24.4 Å². The van der Waals surface area contributed by atoms with Crippen LogP contribution in [0.2, 0.25) is 0 Å². The van der Waals surface area contributed by atoms with Crippen LogP contribution < -0.4 is 0 Å². The fourth-order valence-corrected chi connectivity index (χ4v) is 2.70. The van der Waals surface area contributed by atoms with Gasteiger partial charge in [-0.2, -0.15) is 13.2 Å². The van der Waals surface area contributed by atoms with E-state index in [9.17, 15) is 18.0 Å². The summed E-state index contributed by atoms with van der Waals surface area (Å²) < 4.78 is 38.1. The molecule has 0 aromatic heterocycles. The maximum Gasteiger partial charge on any atom is 0.416 e. The first-order valence-electron chi connectivity index (χ1n) is 7.12. The van der Waals surface area contributed by atoms with Crippen molar-refractivity contribution < 1.29 is 18.0 Å². The molecule has 2 rings (SSSR count). The van der Waals surface area contributed by atoms with Gasteiger partial charge < -0.3 is 4.90 Å². The van der Waals surface area contributed by atoms with Gasteiger partial charge in [-0.25, -0.2) is 0 Å². The molecule has 0 spiro atoms. The number of amides is 1. The highest BCUT2D eigenvalue weighted by atomic mass is 19.4. The summed E-state index contributed by atoms with van der Waals surface area (Å²) in [6.45, 7) is 4.73. The highest BCUT2D eigenvalue weighted by Gasteiger charge is 2.45. The van der Waals surface area contributed by atoms with E-state index < -0.39 is 11.7 Å². The van der Waals surface area contributed by atoms with Gasteiger partial charge in [-0.05, 0) is 29.9 Å². The molecule has 2 unspecified atom stereocenters. The zero-order chi connectivity index (χ0) is 15.8. The predicted molar refractivity (Wildman–Crippen MR) is 74.8 cm³/mol. The van der Waals surface area contributed by atoms with Crippen molar-refractivity contribution in [1.82, 2.24) is 4.90 Å². The van der Waals surface area contributed by atoms with Gasteiger partial charge in [-0.3, -0.25) is 4.79 Å². The molecule has 5 heteroatoms. The number of alkyl halides is 3.